The third kappa shape index (κ3) is 2.96. The van der Waals surface area contributed by atoms with E-state index in [9.17, 15) is 14.4 Å². The molecule has 4 rings (SSSR count). The van der Waals surface area contributed by atoms with Crippen LogP contribution in [0.5, 0.6) is 0 Å². The molecule has 6 nitrogen and oxygen atoms in total. The molecule has 2 aromatic heterocycles. The van der Waals surface area contributed by atoms with Gasteiger partial charge in [-0.25, -0.2) is 4.79 Å². The summed E-state index contributed by atoms with van der Waals surface area (Å²) >= 11 is 3.33. The van der Waals surface area contributed by atoms with Gasteiger partial charge in [-0.3, -0.25) is 14.5 Å². The molecule has 27 heavy (non-hydrogen) atoms. The number of hydrogen-bond donors (Lipinski definition) is 1. The standard InChI is InChI=1S/C19H21N3O3S2/c1-3-19(2)17(24)22(18(25)20-19)11-15(23)21-8-6-13-12(7-10-27-13)16(21)14-5-4-9-26-14/h4-5,7,9-10,16H,3,6,8,11H2,1-2H3,(H,20,25)/t16-,19+/m0/s1. The first-order chi connectivity index (χ1) is 12.9. The summed E-state index contributed by atoms with van der Waals surface area (Å²) in [5.74, 6) is -0.529. The zero-order chi connectivity index (χ0) is 19.2. The molecule has 2 aliphatic rings. The molecule has 1 saturated heterocycles. The van der Waals surface area contributed by atoms with Crippen molar-refractivity contribution >= 4 is 40.5 Å². The van der Waals surface area contributed by atoms with E-state index in [1.54, 1.807) is 29.6 Å². The SMILES string of the molecule is CC[C@@]1(C)NC(=O)N(CC(=O)N2CCc3sccc3[C@H]2c2cccs2)C1=O. The maximum absolute atomic E-state index is 13.1. The summed E-state index contributed by atoms with van der Waals surface area (Å²) in [6.45, 7) is 3.91. The van der Waals surface area contributed by atoms with Crippen molar-refractivity contribution in [2.45, 2.75) is 38.3 Å². The van der Waals surface area contributed by atoms with Crippen molar-refractivity contribution in [2.24, 2.45) is 0 Å². The lowest BCUT2D eigenvalue weighted by atomic mass is 9.98. The van der Waals surface area contributed by atoms with Crippen molar-refractivity contribution in [1.82, 2.24) is 15.1 Å². The Kier molecular flexibility index (Phi) is 4.55. The number of hydrogen-bond acceptors (Lipinski definition) is 5. The first kappa shape index (κ1) is 18.2. The number of nitrogens with zero attached hydrogens (tertiary/aromatic N) is 2. The van der Waals surface area contributed by atoms with Crippen LogP contribution in [-0.4, -0.2) is 46.3 Å². The zero-order valence-corrected chi connectivity index (χ0v) is 16.9. The lowest BCUT2D eigenvalue weighted by Crippen LogP contribution is -2.47. The molecular formula is C19H21N3O3S2. The molecule has 142 valence electrons. The molecule has 2 aliphatic heterocycles. The van der Waals surface area contributed by atoms with Crippen molar-refractivity contribution in [2.75, 3.05) is 13.1 Å². The summed E-state index contributed by atoms with van der Waals surface area (Å²) in [6.07, 6.45) is 1.29. The Morgan fingerprint density at radius 3 is 2.78 bits per heavy atom. The Morgan fingerprint density at radius 2 is 2.11 bits per heavy atom. The predicted octanol–water partition coefficient (Wildman–Crippen LogP) is 3.00. The highest BCUT2D eigenvalue weighted by Gasteiger charge is 2.47. The normalized spacial score (nSPS) is 24.9. The van der Waals surface area contributed by atoms with Gasteiger partial charge in [0.05, 0.1) is 6.04 Å². The largest absolute Gasteiger partial charge is 0.329 e. The van der Waals surface area contributed by atoms with Crippen LogP contribution < -0.4 is 5.32 Å². The van der Waals surface area contributed by atoms with Gasteiger partial charge >= 0.3 is 6.03 Å². The van der Waals surface area contributed by atoms with Gasteiger partial charge in [0.1, 0.15) is 12.1 Å². The minimum Gasteiger partial charge on any atom is -0.329 e. The Morgan fingerprint density at radius 1 is 1.30 bits per heavy atom. The van der Waals surface area contributed by atoms with Gasteiger partial charge in [-0.05, 0) is 48.2 Å². The second-order valence-electron chi connectivity index (χ2n) is 7.06. The summed E-state index contributed by atoms with van der Waals surface area (Å²) in [6, 6.07) is 5.45. The average molecular weight is 404 g/mol. The number of carbonyl (C=O) groups is 3. The number of amides is 4. The Bertz CT molecular complexity index is 892. The molecule has 4 amide bonds. The molecule has 8 heteroatoms. The predicted molar refractivity (Wildman–Crippen MR) is 105 cm³/mol. The maximum atomic E-state index is 13.1. The molecular weight excluding hydrogens is 382 g/mol. The number of urea groups is 1. The van der Waals surface area contributed by atoms with E-state index in [1.165, 1.54) is 4.88 Å². The highest BCUT2D eigenvalue weighted by atomic mass is 32.1. The maximum Gasteiger partial charge on any atom is 0.325 e. The topological polar surface area (TPSA) is 69.7 Å². The molecule has 1 N–H and O–H groups in total. The smallest absolute Gasteiger partial charge is 0.325 e. The molecule has 0 unspecified atom stereocenters. The van der Waals surface area contributed by atoms with Gasteiger partial charge < -0.3 is 10.2 Å². The number of nitrogens with one attached hydrogen (secondary N) is 1. The van der Waals surface area contributed by atoms with Gasteiger partial charge in [0.15, 0.2) is 0 Å². The molecule has 4 heterocycles. The molecule has 0 spiro atoms. The van der Waals surface area contributed by atoms with E-state index < -0.39 is 11.6 Å². The van der Waals surface area contributed by atoms with Crippen molar-refractivity contribution in [3.63, 3.8) is 0 Å². The number of rotatable bonds is 4. The fourth-order valence-electron chi connectivity index (χ4n) is 3.70. The van der Waals surface area contributed by atoms with Crippen LogP contribution in [0, 0.1) is 0 Å². The van der Waals surface area contributed by atoms with Crippen LogP contribution in [-0.2, 0) is 16.0 Å². The second kappa shape index (κ2) is 6.76. The fourth-order valence-corrected chi connectivity index (χ4v) is 5.45. The van der Waals surface area contributed by atoms with Gasteiger partial charge in [0.2, 0.25) is 5.91 Å². The van der Waals surface area contributed by atoms with E-state index in [4.69, 9.17) is 0 Å². The molecule has 2 atom stereocenters. The second-order valence-corrected chi connectivity index (χ2v) is 9.04. The first-order valence-electron chi connectivity index (χ1n) is 8.98. The molecule has 0 saturated carbocycles. The highest BCUT2D eigenvalue weighted by Crippen LogP contribution is 2.39. The summed E-state index contributed by atoms with van der Waals surface area (Å²) in [5, 5.41) is 6.77. The van der Waals surface area contributed by atoms with Crippen molar-refractivity contribution in [1.29, 1.82) is 0 Å². The van der Waals surface area contributed by atoms with Crippen LogP contribution in [0.15, 0.2) is 29.0 Å². The lowest BCUT2D eigenvalue weighted by Gasteiger charge is -2.36. The van der Waals surface area contributed by atoms with Gasteiger partial charge in [0, 0.05) is 16.3 Å². The zero-order valence-electron chi connectivity index (χ0n) is 15.2. The van der Waals surface area contributed by atoms with Gasteiger partial charge in [-0.15, -0.1) is 22.7 Å². The Hall–Kier alpha value is -2.19. The Balaban J connectivity index is 1.60. The summed E-state index contributed by atoms with van der Waals surface area (Å²) < 4.78 is 0. The molecule has 0 radical (unpaired) electrons. The third-order valence-corrected chi connectivity index (χ3v) is 7.37. The number of thiophene rings is 2. The lowest BCUT2D eigenvalue weighted by molar-refractivity contribution is -0.140. The average Bonchev–Trinajstić information content (AvgIpc) is 3.38. The van der Waals surface area contributed by atoms with Crippen LogP contribution in [0.1, 0.15) is 41.6 Å². The highest BCUT2D eigenvalue weighted by molar-refractivity contribution is 7.10. The van der Waals surface area contributed by atoms with Gasteiger partial charge in [0.25, 0.3) is 5.91 Å². The monoisotopic (exact) mass is 403 g/mol. The fraction of sp³-hybridized carbons (Fsp3) is 0.421. The van der Waals surface area contributed by atoms with Crippen molar-refractivity contribution in [3.05, 3.63) is 44.3 Å². The van der Waals surface area contributed by atoms with Crippen LogP contribution in [0.3, 0.4) is 0 Å². The molecule has 1 fully saturated rings. The van der Waals surface area contributed by atoms with E-state index in [1.807, 2.05) is 29.3 Å². The number of imide groups is 1. The molecule has 2 aromatic rings. The summed E-state index contributed by atoms with van der Waals surface area (Å²) in [7, 11) is 0. The van der Waals surface area contributed by atoms with Crippen LogP contribution >= 0.6 is 22.7 Å². The summed E-state index contributed by atoms with van der Waals surface area (Å²) in [4.78, 5) is 43.3. The van der Waals surface area contributed by atoms with E-state index in [0.29, 0.717) is 13.0 Å². The van der Waals surface area contributed by atoms with Crippen LogP contribution in [0.4, 0.5) is 4.79 Å². The Labute approximate surface area is 165 Å². The van der Waals surface area contributed by atoms with Crippen molar-refractivity contribution in [3.8, 4) is 0 Å². The van der Waals surface area contributed by atoms with Crippen LogP contribution in [0.2, 0.25) is 0 Å². The van der Waals surface area contributed by atoms with Gasteiger partial charge in [-0.2, -0.15) is 0 Å². The van der Waals surface area contributed by atoms with E-state index >= 15 is 0 Å². The molecule has 0 aromatic carbocycles. The van der Waals surface area contributed by atoms with Gasteiger partial charge in [-0.1, -0.05) is 13.0 Å². The van der Waals surface area contributed by atoms with E-state index in [-0.39, 0.29) is 24.4 Å². The van der Waals surface area contributed by atoms with E-state index in [0.717, 1.165) is 21.8 Å². The number of fused-ring (bicyclic) bond motifs is 1. The summed E-state index contributed by atoms with van der Waals surface area (Å²) in [5.41, 5.74) is 0.227. The van der Waals surface area contributed by atoms with Crippen LogP contribution in [0.25, 0.3) is 0 Å². The minimum absolute atomic E-state index is 0.147. The van der Waals surface area contributed by atoms with Crippen molar-refractivity contribution < 1.29 is 14.4 Å². The number of carbonyl (C=O) groups excluding carboxylic acids is 3. The third-order valence-electron chi connectivity index (χ3n) is 5.44. The minimum atomic E-state index is -0.924. The molecule has 0 aliphatic carbocycles. The first-order valence-corrected chi connectivity index (χ1v) is 10.7. The van der Waals surface area contributed by atoms with E-state index in [2.05, 4.69) is 16.8 Å². The quantitative estimate of drug-likeness (QED) is 0.798. The molecule has 0 bridgehead atoms.